The molecule has 10 aromatic rings. The number of carbonyl (C=O) groups excluding carboxylic acids is 1. The molecule has 0 amide bonds. The summed E-state index contributed by atoms with van der Waals surface area (Å²) in [5.74, 6) is -1.04. The van der Waals surface area contributed by atoms with Crippen LogP contribution in [0.3, 0.4) is 0 Å². The molecule has 4 aromatic carbocycles. The number of carboxylic acids is 1. The number of aromatic amines is 1. The number of H-pyrrole nitrogens is 1. The molecule has 10 rings (SSSR count). The minimum Gasteiger partial charge on any atom is -0.480 e. The zero-order valence-electron chi connectivity index (χ0n) is 43.2. The van der Waals surface area contributed by atoms with Crippen molar-refractivity contribution in [1.82, 2.24) is 38.6 Å². The molecule has 0 fully saturated rings. The van der Waals surface area contributed by atoms with Crippen LogP contribution in [0.25, 0.3) is 44.3 Å². The zero-order chi connectivity index (χ0) is 53.4. The Morgan fingerprint density at radius 3 is 1.57 bits per heavy atom. The van der Waals surface area contributed by atoms with Gasteiger partial charge in [-0.3, -0.25) is 48.2 Å². The molecular formula is C62H63N9O5. The van der Waals surface area contributed by atoms with Gasteiger partial charge in [0, 0.05) is 71.5 Å². The molecule has 0 aliphatic carbocycles. The van der Waals surface area contributed by atoms with Crippen molar-refractivity contribution in [2.75, 3.05) is 0 Å². The van der Waals surface area contributed by atoms with Crippen LogP contribution in [0.15, 0.2) is 180 Å². The Labute approximate surface area is 441 Å². The molecule has 0 atom stereocenters. The van der Waals surface area contributed by atoms with Gasteiger partial charge in [-0.1, -0.05) is 121 Å². The van der Waals surface area contributed by atoms with Crippen molar-refractivity contribution in [1.29, 1.82) is 0 Å². The zero-order valence-corrected chi connectivity index (χ0v) is 43.2. The summed E-state index contributed by atoms with van der Waals surface area (Å²) in [5, 5.41) is 11.4. The van der Waals surface area contributed by atoms with E-state index < -0.39 is 5.97 Å². The number of hydrogen-bond donors (Lipinski definition) is 3. The molecule has 14 heteroatoms. The summed E-state index contributed by atoms with van der Waals surface area (Å²) in [5.41, 5.74) is 17.6. The lowest BCUT2D eigenvalue weighted by molar-refractivity contribution is -0.137. The van der Waals surface area contributed by atoms with Gasteiger partial charge < -0.3 is 20.4 Å². The molecule has 0 aliphatic heterocycles. The number of aromatic nitrogens is 8. The van der Waals surface area contributed by atoms with Gasteiger partial charge in [0.05, 0.1) is 35.8 Å². The highest BCUT2D eigenvalue weighted by Gasteiger charge is 2.17. The van der Waals surface area contributed by atoms with Gasteiger partial charge in [-0.25, -0.2) is 0 Å². The quantitative estimate of drug-likeness (QED) is 0.0744. The molecule has 0 unspecified atom stereocenters. The number of hydrogen-bond acceptors (Lipinski definition) is 9. The summed E-state index contributed by atoms with van der Waals surface area (Å²) in [6.45, 7) is 4.17. The number of benzene rings is 4. The maximum atomic E-state index is 13.5. The topological polar surface area (TPSA) is 197 Å². The average Bonchev–Trinajstić information content (AvgIpc) is 4.00. The number of pyridine rings is 2. The Bertz CT molecular complexity index is 3660. The van der Waals surface area contributed by atoms with E-state index in [1.54, 1.807) is 17.0 Å². The summed E-state index contributed by atoms with van der Waals surface area (Å²) in [4.78, 5) is 71.4. The number of Topliss-reactive ketones (excluding diaryl/α,β-unsaturated/α-hetero) is 1. The number of carboxylic acid groups (broad SMARTS) is 1. The second-order valence-corrected chi connectivity index (χ2v) is 18.8. The van der Waals surface area contributed by atoms with Gasteiger partial charge >= 0.3 is 5.97 Å². The minimum absolute atomic E-state index is 0.00804. The van der Waals surface area contributed by atoms with E-state index in [0.717, 1.165) is 75.9 Å². The summed E-state index contributed by atoms with van der Waals surface area (Å²) in [6, 6.07) is 47.4. The fourth-order valence-electron chi connectivity index (χ4n) is 9.18. The van der Waals surface area contributed by atoms with Crippen molar-refractivity contribution >= 4 is 33.6 Å². The van der Waals surface area contributed by atoms with Gasteiger partial charge in [0.15, 0.2) is 5.78 Å². The molecular weight excluding hydrogens is 951 g/mol. The first-order valence-corrected chi connectivity index (χ1v) is 25.6. The number of aryl methyl sites for hydroxylation is 8. The van der Waals surface area contributed by atoms with Crippen LogP contribution in [0.2, 0.25) is 0 Å². The highest BCUT2D eigenvalue weighted by Crippen LogP contribution is 2.22. The van der Waals surface area contributed by atoms with Gasteiger partial charge in [0.2, 0.25) is 0 Å². The largest absolute Gasteiger partial charge is 0.480 e. The molecule has 0 saturated carbocycles. The van der Waals surface area contributed by atoms with E-state index in [2.05, 4.69) is 65.9 Å². The standard InChI is InChI=1S/C31H30N4O2.C21H20N2O3.C10H13N3/c1-22-17-29-25(19-32-22)18-26(34-29)15-16-27(36)21-35-30(24-12-6-3-7-13-24)20-33-28(31(35)37)14-8-11-23-9-4-2-5-10-23;24-20(25)15-23-19(17-11-5-2-6-12-17)14-22-18(21(23)26)13-7-10-16-8-3-1-4-9-16;1-7-3-10-8(6-12-7)4-9(5-11)13(10)2/h2-7,9-10,12-13,17-20,34H,8,11,14-16,21H2,1H3;1-6,8-9,11-12,14H,7,10,13,15H2,(H,24,25);3-4,6H,5,11H2,1-2H3. The van der Waals surface area contributed by atoms with E-state index in [-0.39, 0.29) is 30.0 Å². The number of nitrogens with zero attached hydrogens (tertiary/aromatic N) is 7. The number of rotatable bonds is 18. The predicted molar refractivity (Wildman–Crippen MR) is 300 cm³/mol. The Balaban J connectivity index is 0.000000169. The van der Waals surface area contributed by atoms with Crippen LogP contribution in [0, 0.1) is 13.8 Å². The summed E-state index contributed by atoms with van der Waals surface area (Å²) >= 11 is 0. The SMILES string of the molecule is Cc1cc2[nH]c(CCC(=O)Cn3c(-c4ccccc4)cnc(CCCc4ccccc4)c3=O)cc2cn1.Cc1cc2c(cn1)cc(CN)n2C.O=C(O)Cn1c(-c2ccccc2)cnc(CCCc2ccccc2)c1=O. The van der Waals surface area contributed by atoms with Gasteiger partial charge in [-0.05, 0) is 105 Å². The van der Waals surface area contributed by atoms with Crippen molar-refractivity contribution in [3.8, 4) is 22.5 Å². The van der Waals surface area contributed by atoms with Crippen LogP contribution in [0.4, 0.5) is 0 Å². The molecule has 76 heavy (non-hydrogen) atoms. The van der Waals surface area contributed by atoms with Gasteiger partial charge in [0.25, 0.3) is 11.1 Å². The molecule has 0 aliphatic rings. The van der Waals surface area contributed by atoms with Crippen LogP contribution in [0.5, 0.6) is 0 Å². The Kier molecular flexibility index (Phi) is 18.2. The first-order valence-electron chi connectivity index (χ1n) is 25.6. The van der Waals surface area contributed by atoms with Crippen LogP contribution in [0.1, 0.15) is 64.6 Å². The molecule has 14 nitrogen and oxygen atoms in total. The summed E-state index contributed by atoms with van der Waals surface area (Å²) in [6.07, 6.45) is 12.4. The first kappa shape index (κ1) is 53.4. The van der Waals surface area contributed by atoms with Crippen LogP contribution < -0.4 is 16.9 Å². The van der Waals surface area contributed by atoms with Gasteiger partial charge in [-0.15, -0.1) is 0 Å². The molecule has 0 radical (unpaired) electrons. The first-order chi connectivity index (χ1) is 36.9. The molecule has 0 bridgehead atoms. The minimum atomic E-state index is -1.05. The predicted octanol–water partition coefficient (Wildman–Crippen LogP) is 9.98. The summed E-state index contributed by atoms with van der Waals surface area (Å²) in [7, 11) is 2.03. The van der Waals surface area contributed by atoms with Crippen LogP contribution in [-0.2, 0) is 68.4 Å². The molecule has 0 spiro atoms. The van der Waals surface area contributed by atoms with E-state index in [9.17, 15) is 24.3 Å². The average molecular weight is 1010 g/mol. The number of ketones is 1. The fourth-order valence-corrected chi connectivity index (χ4v) is 9.18. The van der Waals surface area contributed by atoms with E-state index in [1.165, 1.54) is 21.2 Å². The van der Waals surface area contributed by atoms with E-state index in [4.69, 9.17) is 5.73 Å². The number of nitrogens with one attached hydrogen (secondary N) is 1. The normalized spacial score (nSPS) is 10.9. The molecule has 6 heterocycles. The lowest BCUT2D eigenvalue weighted by Gasteiger charge is -2.14. The third-order valence-electron chi connectivity index (χ3n) is 13.2. The number of nitrogens with two attached hydrogens (primary N) is 1. The number of aliphatic carboxylic acids is 1. The van der Waals surface area contributed by atoms with E-state index in [1.807, 2.05) is 142 Å². The Hall–Kier alpha value is -8.88. The van der Waals surface area contributed by atoms with E-state index in [0.29, 0.717) is 55.0 Å². The monoisotopic (exact) mass is 1010 g/mol. The van der Waals surface area contributed by atoms with Crippen molar-refractivity contribution in [3.05, 3.63) is 236 Å². The highest BCUT2D eigenvalue weighted by molar-refractivity contribution is 5.82. The van der Waals surface area contributed by atoms with Crippen LogP contribution >= 0.6 is 0 Å². The van der Waals surface area contributed by atoms with Crippen molar-refractivity contribution in [2.24, 2.45) is 12.8 Å². The second-order valence-electron chi connectivity index (χ2n) is 18.8. The molecule has 0 saturated heterocycles. The number of fused-ring (bicyclic) bond motifs is 2. The van der Waals surface area contributed by atoms with E-state index >= 15 is 0 Å². The molecule has 386 valence electrons. The maximum absolute atomic E-state index is 13.5. The smallest absolute Gasteiger partial charge is 0.323 e. The third-order valence-corrected chi connectivity index (χ3v) is 13.2. The summed E-state index contributed by atoms with van der Waals surface area (Å²) < 4.78 is 5.01. The Morgan fingerprint density at radius 1 is 0.566 bits per heavy atom. The van der Waals surface area contributed by atoms with Crippen molar-refractivity contribution in [3.63, 3.8) is 0 Å². The second kappa shape index (κ2) is 25.9. The van der Waals surface area contributed by atoms with Crippen molar-refractivity contribution in [2.45, 2.75) is 84.8 Å². The number of carbonyl (C=O) groups is 2. The maximum Gasteiger partial charge on any atom is 0.323 e. The van der Waals surface area contributed by atoms with Crippen molar-refractivity contribution < 1.29 is 14.7 Å². The van der Waals surface area contributed by atoms with Gasteiger partial charge in [0.1, 0.15) is 17.9 Å². The van der Waals surface area contributed by atoms with Gasteiger partial charge in [-0.2, -0.15) is 0 Å². The van der Waals surface area contributed by atoms with Crippen LogP contribution in [-0.4, -0.2) is 55.5 Å². The highest BCUT2D eigenvalue weighted by atomic mass is 16.4. The lowest BCUT2D eigenvalue weighted by atomic mass is 10.1. The lowest BCUT2D eigenvalue weighted by Crippen LogP contribution is -2.29. The molecule has 6 aromatic heterocycles. The molecule has 4 N–H and O–H groups in total. The Morgan fingerprint density at radius 2 is 1.05 bits per heavy atom. The third kappa shape index (κ3) is 14.0. The fraction of sp³-hybridized carbons (Fsp3) is 0.226.